The molecule has 0 radical (unpaired) electrons. The second kappa shape index (κ2) is 31.9. The molecule has 0 aliphatic rings. The number of anilines is 1. The zero-order valence-corrected chi connectivity index (χ0v) is 45.6. The number of carbonyl (C=O) groups excluding carboxylic acids is 8. The van der Waals surface area contributed by atoms with E-state index in [-0.39, 0.29) is 81.2 Å². The van der Waals surface area contributed by atoms with Gasteiger partial charge in [-0.05, 0) is 112 Å². The highest BCUT2D eigenvalue weighted by atomic mass is 16.2. The summed E-state index contributed by atoms with van der Waals surface area (Å²) in [6.07, 6.45) is 2.57. The van der Waals surface area contributed by atoms with E-state index in [0.29, 0.717) is 37.1 Å². The van der Waals surface area contributed by atoms with Gasteiger partial charge in [-0.1, -0.05) is 75.3 Å². The zero-order valence-electron chi connectivity index (χ0n) is 45.6. The summed E-state index contributed by atoms with van der Waals surface area (Å²) in [7, 11) is 0. The van der Waals surface area contributed by atoms with Gasteiger partial charge in [0.25, 0.3) is 0 Å². The van der Waals surface area contributed by atoms with Gasteiger partial charge in [-0.3, -0.25) is 48.4 Å². The average molecular weight is 1040 g/mol. The topological polar surface area (TPSA) is 378 Å². The van der Waals surface area contributed by atoms with Crippen LogP contribution in [0.25, 0.3) is 10.9 Å². The van der Waals surface area contributed by atoms with E-state index in [9.17, 15) is 38.4 Å². The standard InChI is InChI=1S/C51H89N15O8/c1-27(2)21-38(58-32(11)67)46(70)61-40(23-29(5)6)48(72)63-41(24-30(7)8)49(73)62-39(22-28(3)4)47(71)59-36(16-14-20-56-51(54)55)45(69)64-42(31(9)10)50(74)60-35(15-12-13-19-52)44(68)57-26-33-17-18-34-37(25-33)65-66-43(34)53/h17-18,25,27-31,35-36,38-42H,12-16,19-24,26,52H2,1-11H3,(H,57,68)(H,58,67)(H,59,71)(H,60,74)(H,61,70)(H,62,73)(H,63,72)(H,64,69)(H3,53,65,66)(H4,54,55,56)/t35-,36-,38+,39-,40-,41-,42-/m0/s1. The van der Waals surface area contributed by atoms with Gasteiger partial charge in [-0.2, -0.15) is 5.10 Å². The third-order valence-corrected chi connectivity index (χ3v) is 11.9. The zero-order chi connectivity index (χ0) is 55.8. The van der Waals surface area contributed by atoms with E-state index in [1.54, 1.807) is 19.9 Å². The van der Waals surface area contributed by atoms with Crippen molar-refractivity contribution in [3.05, 3.63) is 23.8 Å². The maximum atomic E-state index is 14.4. The van der Waals surface area contributed by atoms with Gasteiger partial charge in [-0.25, -0.2) is 0 Å². The number of fused-ring (bicyclic) bond motifs is 1. The Morgan fingerprint density at radius 2 is 1.00 bits per heavy atom. The Balaban J connectivity index is 2.38. The first-order valence-corrected chi connectivity index (χ1v) is 26.1. The van der Waals surface area contributed by atoms with Crippen molar-refractivity contribution in [1.82, 2.24) is 52.7 Å². The normalized spacial score (nSPS) is 14.3. The minimum atomic E-state index is -1.24. The van der Waals surface area contributed by atoms with Gasteiger partial charge in [0.15, 0.2) is 11.8 Å². The van der Waals surface area contributed by atoms with Gasteiger partial charge in [0.05, 0.1) is 5.52 Å². The van der Waals surface area contributed by atoms with Crippen molar-refractivity contribution in [2.75, 3.05) is 18.8 Å². The highest BCUT2D eigenvalue weighted by Gasteiger charge is 2.35. The number of hydrogen-bond acceptors (Lipinski definition) is 12. The van der Waals surface area contributed by atoms with E-state index in [1.807, 2.05) is 67.5 Å². The number of nitrogens with zero attached hydrogens (tertiary/aromatic N) is 2. The molecule has 1 aromatic carbocycles. The molecule has 0 spiro atoms. The molecule has 23 heteroatoms. The predicted octanol–water partition coefficient (Wildman–Crippen LogP) is 1.20. The third kappa shape index (κ3) is 23.1. The lowest BCUT2D eigenvalue weighted by Gasteiger charge is -2.30. The van der Waals surface area contributed by atoms with Crippen molar-refractivity contribution in [3.63, 3.8) is 0 Å². The van der Waals surface area contributed by atoms with Gasteiger partial charge < -0.3 is 65.5 Å². The van der Waals surface area contributed by atoms with Crippen molar-refractivity contribution in [3.8, 4) is 0 Å². The Kier molecular flexibility index (Phi) is 27.4. The highest BCUT2D eigenvalue weighted by Crippen LogP contribution is 2.19. The van der Waals surface area contributed by atoms with E-state index in [1.165, 1.54) is 6.92 Å². The van der Waals surface area contributed by atoms with Crippen LogP contribution in [0.3, 0.4) is 0 Å². The van der Waals surface area contributed by atoms with Crippen LogP contribution in [0.4, 0.5) is 5.82 Å². The van der Waals surface area contributed by atoms with Gasteiger partial charge in [0.1, 0.15) is 42.3 Å². The van der Waals surface area contributed by atoms with Crippen molar-refractivity contribution < 1.29 is 38.4 Å². The van der Waals surface area contributed by atoms with Gasteiger partial charge in [0.2, 0.25) is 47.3 Å². The number of guanidine groups is 1. The van der Waals surface area contributed by atoms with Crippen molar-refractivity contribution >= 4 is 69.9 Å². The number of nitrogen functional groups attached to an aromatic ring is 1. The number of aromatic amines is 1. The summed E-state index contributed by atoms with van der Waals surface area (Å²) < 4.78 is 0. The molecule has 0 unspecified atom stereocenters. The van der Waals surface area contributed by atoms with E-state index in [4.69, 9.17) is 22.9 Å². The van der Waals surface area contributed by atoms with Crippen LogP contribution in [0.5, 0.6) is 0 Å². The molecule has 1 heterocycles. The summed E-state index contributed by atoms with van der Waals surface area (Å²) in [5.74, 6) is -5.15. The number of hydrogen-bond donors (Lipinski definition) is 13. The smallest absolute Gasteiger partial charge is 0.243 e. The summed E-state index contributed by atoms with van der Waals surface area (Å²) in [6.45, 7) is 20.5. The average Bonchev–Trinajstić information content (AvgIpc) is 3.67. The second-order valence-corrected chi connectivity index (χ2v) is 21.2. The number of nitrogens with one attached hydrogen (secondary N) is 9. The number of H-pyrrole nitrogens is 1. The third-order valence-electron chi connectivity index (χ3n) is 11.9. The fourth-order valence-electron chi connectivity index (χ4n) is 8.24. The Morgan fingerprint density at radius 3 is 1.45 bits per heavy atom. The minimum absolute atomic E-state index is 0.0269. The van der Waals surface area contributed by atoms with Crippen LogP contribution < -0.4 is 65.5 Å². The molecule has 7 atom stereocenters. The number of carbonyl (C=O) groups is 8. The number of rotatable bonds is 33. The summed E-state index contributed by atoms with van der Waals surface area (Å²) >= 11 is 0. The molecule has 0 aliphatic carbocycles. The molecule has 0 fully saturated rings. The molecular formula is C51H89N15O8. The first kappa shape index (κ1) is 63.6. The number of benzene rings is 1. The minimum Gasteiger partial charge on any atom is -0.382 e. The molecule has 1 aromatic heterocycles. The van der Waals surface area contributed by atoms with Crippen LogP contribution in [-0.4, -0.2) is 119 Å². The SMILES string of the molecule is CC(=O)N[C@H](CC(C)C)C(=O)N[C@@H](CC(C)C)C(=O)N[C@@H](CC(C)C)C(=O)N[C@@H](CC(C)C)C(=O)N[C@@H](CCCN=C(N)N)C(=O)N[C@H](C(=O)N[C@@H](CCCCN)C(=O)NCc1ccc2c(N)n[nH]c2c1)C(C)C. The Bertz CT molecular complexity index is 2190. The molecule has 0 saturated carbocycles. The van der Waals surface area contributed by atoms with E-state index in [0.717, 1.165) is 10.9 Å². The predicted molar refractivity (Wildman–Crippen MR) is 287 cm³/mol. The number of unbranched alkanes of at least 4 members (excludes halogenated alkanes) is 1. The molecule has 23 nitrogen and oxygen atoms in total. The quantitative estimate of drug-likeness (QED) is 0.0272. The summed E-state index contributed by atoms with van der Waals surface area (Å²) in [5, 5.41) is 30.0. The maximum Gasteiger partial charge on any atom is 0.243 e. The molecule has 2 rings (SSSR count). The maximum absolute atomic E-state index is 14.4. The number of amides is 8. The van der Waals surface area contributed by atoms with Crippen molar-refractivity contribution in [2.45, 2.75) is 183 Å². The number of aliphatic imine (C=N–C) groups is 1. The van der Waals surface area contributed by atoms with Crippen molar-refractivity contribution in [1.29, 1.82) is 0 Å². The first-order valence-electron chi connectivity index (χ1n) is 26.1. The van der Waals surface area contributed by atoms with Crippen LogP contribution in [0.15, 0.2) is 23.2 Å². The lowest BCUT2D eigenvalue weighted by atomic mass is 9.97. The fraction of sp³-hybridized carbons (Fsp3) is 0.686. The molecule has 0 saturated heterocycles. The van der Waals surface area contributed by atoms with Crippen LogP contribution in [0.1, 0.15) is 140 Å². The summed E-state index contributed by atoms with van der Waals surface area (Å²) in [5.41, 5.74) is 24.3. The number of nitrogens with two attached hydrogens (primary N) is 4. The molecular weight excluding hydrogens is 951 g/mol. The Hall–Kier alpha value is -6.52. The molecule has 416 valence electrons. The lowest BCUT2D eigenvalue weighted by molar-refractivity contribution is -0.136. The van der Waals surface area contributed by atoms with Crippen LogP contribution >= 0.6 is 0 Å². The van der Waals surface area contributed by atoms with E-state index < -0.39 is 95.5 Å². The first-order chi connectivity index (χ1) is 34.7. The van der Waals surface area contributed by atoms with Gasteiger partial charge >= 0.3 is 0 Å². The number of aromatic nitrogens is 2. The van der Waals surface area contributed by atoms with E-state index in [2.05, 4.69) is 57.7 Å². The molecule has 0 aliphatic heterocycles. The fourth-order valence-corrected chi connectivity index (χ4v) is 8.24. The summed E-state index contributed by atoms with van der Waals surface area (Å²) in [6, 6.07) is -2.19. The molecule has 8 amide bonds. The molecule has 17 N–H and O–H groups in total. The monoisotopic (exact) mass is 1040 g/mol. The van der Waals surface area contributed by atoms with Crippen LogP contribution in [0, 0.1) is 29.6 Å². The molecule has 2 aromatic rings. The van der Waals surface area contributed by atoms with E-state index >= 15 is 0 Å². The lowest BCUT2D eigenvalue weighted by Crippen LogP contribution is -2.61. The Morgan fingerprint density at radius 1 is 0.568 bits per heavy atom. The Labute approximate surface area is 437 Å². The van der Waals surface area contributed by atoms with Crippen molar-refractivity contribution in [2.24, 2.45) is 51.8 Å². The molecule has 74 heavy (non-hydrogen) atoms. The largest absolute Gasteiger partial charge is 0.382 e. The van der Waals surface area contributed by atoms with Gasteiger partial charge in [-0.15, -0.1) is 0 Å². The van der Waals surface area contributed by atoms with Gasteiger partial charge in [0, 0.05) is 25.4 Å². The molecule has 0 bridgehead atoms. The highest BCUT2D eigenvalue weighted by molar-refractivity contribution is 5.98. The van der Waals surface area contributed by atoms with Crippen LogP contribution in [0.2, 0.25) is 0 Å². The second-order valence-electron chi connectivity index (χ2n) is 21.2. The van der Waals surface area contributed by atoms with Crippen LogP contribution in [-0.2, 0) is 44.9 Å². The summed E-state index contributed by atoms with van der Waals surface area (Å²) in [4.78, 5) is 114.